The summed E-state index contributed by atoms with van der Waals surface area (Å²) in [6.07, 6.45) is 9.90. The highest BCUT2D eigenvalue weighted by Crippen LogP contribution is 2.44. The molecule has 0 bridgehead atoms. The number of hydrogen-bond acceptors (Lipinski definition) is 5. The molecule has 2 N–H and O–H groups in total. The van der Waals surface area contributed by atoms with E-state index in [1.807, 2.05) is 12.1 Å². The van der Waals surface area contributed by atoms with Crippen molar-refractivity contribution in [3.05, 3.63) is 23.8 Å². The van der Waals surface area contributed by atoms with Crippen molar-refractivity contribution in [2.24, 2.45) is 11.3 Å². The van der Waals surface area contributed by atoms with E-state index in [0.717, 1.165) is 89.4 Å². The van der Waals surface area contributed by atoms with Crippen LogP contribution in [0.5, 0.6) is 0 Å². The average Bonchev–Trinajstić information content (AvgIpc) is 3.49. The number of nitriles is 1. The van der Waals surface area contributed by atoms with Crippen molar-refractivity contribution in [2.75, 3.05) is 29.9 Å². The molecule has 2 aliphatic heterocycles. The Labute approximate surface area is 202 Å². The monoisotopic (exact) mass is 464 g/mol. The molecule has 2 heterocycles. The largest absolute Gasteiger partial charge is 0.393 e. The third kappa shape index (κ3) is 4.40. The van der Waals surface area contributed by atoms with Gasteiger partial charge < -0.3 is 20.2 Å². The van der Waals surface area contributed by atoms with E-state index in [0.29, 0.717) is 17.8 Å². The van der Waals surface area contributed by atoms with Crippen molar-refractivity contribution in [3.63, 3.8) is 0 Å². The van der Waals surface area contributed by atoms with E-state index in [9.17, 15) is 20.0 Å². The Bertz CT molecular complexity index is 975. The number of amides is 2. The first-order valence-corrected chi connectivity index (χ1v) is 13.1. The molecule has 182 valence electrons. The molecular formula is C27H36N4O3. The molecule has 4 fully saturated rings. The molecular weight excluding hydrogens is 428 g/mol. The topological polar surface area (TPSA) is 96.7 Å². The molecule has 0 radical (unpaired) electrons. The molecule has 34 heavy (non-hydrogen) atoms. The molecule has 1 atom stereocenters. The number of rotatable bonds is 4. The number of piperidine rings is 1. The van der Waals surface area contributed by atoms with Crippen LogP contribution in [0.2, 0.25) is 0 Å². The highest BCUT2D eigenvalue weighted by Gasteiger charge is 2.50. The second kappa shape index (κ2) is 9.58. The third-order valence-corrected chi connectivity index (χ3v) is 8.68. The molecule has 2 amide bonds. The second-order valence-electron chi connectivity index (χ2n) is 10.8. The maximum absolute atomic E-state index is 13.6. The summed E-state index contributed by atoms with van der Waals surface area (Å²) in [6, 6.07) is 8.17. The van der Waals surface area contributed by atoms with E-state index in [4.69, 9.17) is 0 Å². The molecule has 1 aromatic rings. The Morgan fingerprint density at radius 3 is 2.56 bits per heavy atom. The van der Waals surface area contributed by atoms with Gasteiger partial charge in [0.05, 0.1) is 22.8 Å². The fourth-order valence-electron chi connectivity index (χ4n) is 6.69. The van der Waals surface area contributed by atoms with Crippen LogP contribution in [0.3, 0.4) is 0 Å². The molecule has 1 aromatic carbocycles. The van der Waals surface area contributed by atoms with Gasteiger partial charge in [-0.2, -0.15) is 5.26 Å². The van der Waals surface area contributed by atoms with Crippen LogP contribution < -0.4 is 10.2 Å². The zero-order chi connectivity index (χ0) is 23.7. The number of aliphatic hydroxyl groups excluding tert-OH is 1. The molecule has 1 spiro atoms. The van der Waals surface area contributed by atoms with Crippen LogP contribution >= 0.6 is 0 Å². The number of carbonyl (C=O) groups excluding carboxylic acids is 2. The minimum atomic E-state index is -0.379. The summed E-state index contributed by atoms with van der Waals surface area (Å²) in [4.78, 5) is 30.4. The van der Waals surface area contributed by atoms with Gasteiger partial charge in [0.1, 0.15) is 6.07 Å². The molecule has 0 unspecified atom stereocenters. The Balaban J connectivity index is 1.29. The molecule has 2 saturated carbocycles. The van der Waals surface area contributed by atoms with E-state index in [2.05, 4.69) is 21.2 Å². The number of carbonyl (C=O) groups is 2. The van der Waals surface area contributed by atoms with Crippen molar-refractivity contribution in [1.82, 2.24) is 4.90 Å². The number of hydrogen-bond donors (Lipinski definition) is 2. The van der Waals surface area contributed by atoms with Gasteiger partial charge in [0.15, 0.2) is 0 Å². The number of nitrogens with one attached hydrogen (secondary N) is 1. The van der Waals surface area contributed by atoms with Gasteiger partial charge in [0.25, 0.3) is 0 Å². The standard InChI is InChI=1S/C27H36N4O3/c28-17-20-16-21(29-25(33)19-4-1-2-5-19)6-11-24(20)30-14-3-12-27(18-30)13-15-31(26(27)34)22-7-9-23(32)10-8-22/h6,11,16,19,22-23,32H,1-5,7-10,12-15,18H2,(H,29,33)/t22-,23-,27-/m0/s1. The Kier molecular flexibility index (Phi) is 6.52. The fraction of sp³-hybridized carbons (Fsp3) is 0.667. The van der Waals surface area contributed by atoms with Crippen LogP contribution in [-0.4, -0.2) is 53.6 Å². The van der Waals surface area contributed by atoms with Crippen LogP contribution in [0.15, 0.2) is 18.2 Å². The predicted molar refractivity (Wildman–Crippen MR) is 130 cm³/mol. The predicted octanol–water partition coefficient (Wildman–Crippen LogP) is 3.81. The van der Waals surface area contributed by atoms with E-state index in [1.165, 1.54) is 0 Å². The lowest BCUT2D eigenvalue weighted by molar-refractivity contribution is -0.139. The number of benzene rings is 1. The van der Waals surface area contributed by atoms with Crippen LogP contribution in [0, 0.1) is 22.7 Å². The molecule has 0 aromatic heterocycles. The Hall–Kier alpha value is -2.59. The van der Waals surface area contributed by atoms with Crippen LogP contribution in [0.4, 0.5) is 11.4 Å². The lowest BCUT2D eigenvalue weighted by atomic mass is 9.78. The zero-order valence-corrected chi connectivity index (χ0v) is 20.0. The number of nitrogens with zero attached hydrogens (tertiary/aromatic N) is 3. The summed E-state index contributed by atoms with van der Waals surface area (Å²) in [6.45, 7) is 2.26. The van der Waals surface area contributed by atoms with Crippen molar-refractivity contribution in [2.45, 2.75) is 82.8 Å². The summed E-state index contributed by atoms with van der Waals surface area (Å²) in [5, 5.41) is 22.7. The van der Waals surface area contributed by atoms with Gasteiger partial charge in [-0.05, 0) is 76.0 Å². The maximum Gasteiger partial charge on any atom is 0.230 e. The van der Waals surface area contributed by atoms with Crippen LogP contribution in [0.1, 0.15) is 76.2 Å². The fourth-order valence-corrected chi connectivity index (χ4v) is 6.69. The number of likely N-dealkylation sites (tertiary alicyclic amines) is 1. The molecule has 7 nitrogen and oxygen atoms in total. The van der Waals surface area contributed by atoms with Crippen molar-refractivity contribution >= 4 is 23.2 Å². The lowest BCUT2D eigenvalue weighted by Crippen LogP contribution is -2.50. The normalized spacial score (nSPS) is 30.1. The second-order valence-corrected chi connectivity index (χ2v) is 10.8. The van der Waals surface area contributed by atoms with Crippen molar-refractivity contribution < 1.29 is 14.7 Å². The quantitative estimate of drug-likeness (QED) is 0.706. The lowest BCUT2D eigenvalue weighted by Gasteiger charge is -2.41. The first-order valence-electron chi connectivity index (χ1n) is 13.1. The van der Waals surface area contributed by atoms with Gasteiger partial charge in [-0.1, -0.05) is 12.8 Å². The Morgan fingerprint density at radius 2 is 1.82 bits per heavy atom. The van der Waals surface area contributed by atoms with Crippen molar-refractivity contribution in [3.8, 4) is 6.07 Å². The molecule has 4 aliphatic rings. The van der Waals surface area contributed by atoms with Crippen LogP contribution in [0.25, 0.3) is 0 Å². The maximum atomic E-state index is 13.6. The molecule has 7 heteroatoms. The zero-order valence-electron chi connectivity index (χ0n) is 20.0. The van der Waals surface area contributed by atoms with Gasteiger partial charge in [-0.15, -0.1) is 0 Å². The summed E-state index contributed by atoms with van der Waals surface area (Å²) in [5.41, 5.74) is 1.69. The van der Waals surface area contributed by atoms with Gasteiger partial charge in [0.2, 0.25) is 11.8 Å². The summed E-state index contributed by atoms with van der Waals surface area (Å²) >= 11 is 0. The van der Waals surface area contributed by atoms with E-state index < -0.39 is 0 Å². The number of anilines is 2. The minimum absolute atomic E-state index is 0.0536. The molecule has 5 rings (SSSR count). The highest BCUT2D eigenvalue weighted by atomic mass is 16.3. The average molecular weight is 465 g/mol. The van der Waals surface area contributed by atoms with E-state index >= 15 is 0 Å². The number of aliphatic hydroxyl groups is 1. The third-order valence-electron chi connectivity index (χ3n) is 8.68. The first-order chi connectivity index (χ1) is 16.5. The van der Waals surface area contributed by atoms with Crippen LogP contribution in [-0.2, 0) is 9.59 Å². The highest BCUT2D eigenvalue weighted by molar-refractivity contribution is 5.93. The van der Waals surface area contributed by atoms with Crippen molar-refractivity contribution in [1.29, 1.82) is 5.26 Å². The first kappa shape index (κ1) is 23.2. The van der Waals surface area contributed by atoms with Gasteiger partial charge in [-0.25, -0.2) is 0 Å². The van der Waals surface area contributed by atoms with E-state index in [1.54, 1.807) is 6.07 Å². The smallest absolute Gasteiger partial charge is 0.230 e. The van der Waals surface area contributed by atoms with Gasteiger partial charge in [0, 0.05) is 37.3 Å². The Morgan fingerprint density at radius 1 is 1.06 bits per heavy atom. The van der Waals surface area contributed by atoms with E-state index in [-0.39, 0.29) is 35.3 Å². The SMILES string of the molecule is N#Cc1cc(NC(=O)C2CCCC2)ccc1N1CCC[C@]2(CCN([C@H]3CC[C@H](O)CC3)C2=O)C1. The summed E-state index contributed by atoms with van der Waals surface area (Å²) in [5.74, 6) is 0.395. The van der Waals surface area contributed by atoms with Gasteiger partial charge in [-0.3, -0.25) is 9.59 Å². The molecule has 2 saturated heterocycles. The minimum Gasteiger partial charge on any atom is -0.393 e. The summed E-state index contributed by atoms with van der Waals surface area (Å²) in [7, 11) is 0. The van der Waals surface area contributed by atoms with Gasteiger partial charge >= 0.3 is 0 Å². The molecule has 2 aliphatic carbocycles. The summed E-state index contributed by atoms with van der Waals surface area (Å²) < 4.78 is 0.